The van der Waals surface area contributed by atoms with Crippen molar-refractivity contribution in [2.75, 3.05) is 13.6 Å². The molecule has 1 amide bonds. The minimum Gasteiger partial charge on any atom is -0.340 e. The van der Waals surface area contributed by atoms with Crippen LogP contribution >= 0.6 is 0 Å². The normalized spacial score (nSPS) is 10.8. The van der Waals surface area contributed by atoms with Gasteiger partial charge in [0.15, 0.2) is 0 Å². The van der Waals surface area contributed by atoms with Crippen LogP contribution in [0.25, 0.3) is 0 Å². The number of nitriles is 1. The molecule has 0 aromatic heterocycles. The average Bonchev–Trinajstić information content (AvgIpc) is 2.60. The first kappa shape index (κ1) is 17.7. The third kappa shape index (κ3) is 4.65. The molecule has 0 aliphatic carbocycles. The Hall–Kier alpha value is -2.69. The van der Waals surface area contributed by atoms with E-state index in [1.54, 1.807) is 7.05 Å². The number of carbonyl (C=O) groups excluding carboxylic acids is 1. The zero-order valence-electron chi connectivity index (χ0n) is 13.1. The highest BCUT2D eigenvalue weighted by atomic mass is 32.2. The van der Waals surface area contributed by atoms with Crippen LogP contribution in [0.1, 0.15) is 11.1 Å². The first-order chi connectivity index (χ1) is 11.4. The molecule has 6 nitrogen and oxygen atoms in total. The molecule has 0 unspecified atom stereocenters. The maximum atomic E-state index is 12.2. The predicted molar refractivity (Wildman–Crippen MR) is 89.3 cm³/mol. The Morgan fingerprint density at radius 3 is 2.54 bits per heavy atom. The van der Waals surface area contributed by atoms with Crippen LogP contribution in [0.3, 0.4) is 0 Å². The van der Waals surface area contributed by atoms with Crippen LogP contribution < -0.4 is 4.72 Å². The molecule has 0 saturated heterocycles. The molecule has 0 atom stereocenters. The summed E-state index contributed by atoms with van der Waals surface area (Å²) < 4.78 is 26.7. The Bertz CT molecular complexity index is 858. The summed E-state index contributed by atoms with van der Waals surface area (Å²) in [6, 6.07) is 16.9. The van der Waals surface area contributed by atoms with Crippen molar-refractivity contribution in [2.24, 2.45) is 0 Å². The van der Waals surface area contributed by atoms with Crippen molar-refractivity contribution in [1.29, 1.82) is 5.26 Å². The molecule has 0 fully saturated rings. The Morgan fingerprint density at radius 2 is 1.88 bits per heavy atom. The topological polar surface area (TPSA) is 90.3 Å². The standard InChI is InChI=1S/C17H17N3O3S/c1-20(13-14-6-3-2-4-7-14)17(21)12-19-24(22,23)16-9-5-8-15(10-16)11-18/h2-10,19H,12-13H2,1H3. The highest BCUT2D eigenvalue weighted by Gasteiger charge is 2.17. The van der Waals surface area contributed by atoms with Gasteiger partial charge in [-0.3, -0.25) is 4.79 Å². The smallest absolute Gasteiger partial charge is 0.241 e. The fraction of sp³-hybridized carbons (Fsp3) is 0.176. The average molecular weight is 343 g/mol. The molecule has 0 bridgehead atoms. The lowest BCUT2D eigenvalue weighted by Crippen LogP contribution is -2.37. The number of hydrogen-bond donors (Lipinski definition) is 1. The second-order valence-corrected chi connectivity index (χ2v) is 6.97. The largest absolute Gasteiger partial charge is 0.340 e. The summed E-state index contributed by atoms with van der Waals surface area (Å²) >= 11 is 0. The van der Waals surface area contributed by atoms with Gasteiger partial charge in [0.05, 0.1) is 23.1 Å². The summed E-state index contributed by atoms with van der Waals surface area (Å²) in [6.07, 6.45) is 0. The highest BCUT2D eigenvalue weighted by molar-refractivity contribution is 7.89. The van der Waals surface area contributed by atoms with Gasteiger partial charge in [-0.1, -0.05) is 36.4 Å². The second-order valence-electron chi connectivity index (χ2n) is 5.20. The second kappa shape index (κ2) is 7.73. The minimum atomic E-state index is -3.84. The van der Waals surface area contributed by atoms with E-state index < -0.39 is 10.0 Å². The first-order valence-corrected chi connectivity index (χ1v) is 8.68. The van der Waals surface area contributed by atoms with Gasteiger partial charge in [0.2, 0.25) is 15.9 Å². The summed E-state index contributed by atoms with van der Waals surface area (Å²) in [5, 5.41) is 8.83. The molecule has 0 spiro atoms. The van der Waals surface area contributed by atoms with Gasteiger partial charge < -0.3 is 4.90 Å². The van der Waals surface area contributed by atoms with E-state index in [-0.39, 0.29) is 22.9 Å². The Labute approximate surface area is 141 Å². The predicted octanol–water partition coefficient (Wildman–Crippen LogP) is 1.50. The lowest BCUT2D eigenvalue weighted by Gasteiger charge is -2.17. The molecule has 24 heavy (non-hydrogen) atoms. The van der Waals surface area contributed by atoms with E-state index in [0.29, 0.717) is 6.54 Å². The van der Waals surface area contributed by atoms with Gasteiger partial charge in [-0.2, -0.15) is 5.26 Å². The molecular weight excluding hydrogens is 326 g/mol. The molecule has 2 rings (SSSR count). The summed E-state index contributed by atoms with van der Waals surface area (Å²) in [7, 11) is -2.23. The molecule has 2 aromatic rings. The third-order valence-electron chi connectivity index (χ3n) is 3.38. The van der Waals surface area contributed by atoms with Crippen molar-refractivity contribution in [1.82, 2.24) is 9.62 Å². The van der Waals surface area contributed by atoms with Crippen molar-refractivity contribution in [2.45, 2.75) is 11.4 Å². The number of sulfonamides is 1. The van der Waals surface area contributed by atoms with Gasteiger partial charge in [-0.05, 0) is 23.8 Å². The van der Waals surface area contributed by atoms with Crippen molar-refractivity contribution in [3.8, 4) is 6.07 Å². The first-order valence-electron chi connectivity index (χ1n) is 7.20. The van der Waals surface area contributed by atoms with E-state index >= 15 is 0 Å². The molecule has 124 valence electrons. The Kier molecular flexibility index (Phi) is 5.68. The van der Waals surface area contributed by atoms with Crippen LogP contribution in [0.2, 0.25) is 0 Å². The number of rotatable bonds is 6. The number of hydrogen-bond acceptors (Lipinski definition) is 4. The molecule has 0 radical (unpaired) electrons. The summed E-state index contributed by atoms with van der Waals surface area (Å²) in [6.45, 7) is 0.0494. The van der Waals surface area contributed by atoms with Crippen LogP contribution in [0.15, 0.2) is 59.5 Å². The third-order valence-corrected chi connectivity index (χ3v) is 4.77. The van der Waals surface area contributed by atoms with Crippen molar-refractivity contribution >= 4 is 15.9 Å². The molecule has 0 heterocycles. The Morgan fingerprint density at radius 1 is 1.17 bits per heavy atom. The maximum Gasteiger partial charge on any atom is 0.241 e. The highest BCUT2D eigenvalue weighted by Crippen LogP contribution is 2.10. The lowest BCUT2D eigenvalue weighted by atomic mass is 10.2. The number of nitrogens with one attached hydrogen (secondary N) is 1. The van der Waals surface area contributed by atoms with Crippen LogP contribution in [0.5, 0.6) is 0 Å². The van der Waals surface area contributed by atoms with Crippen molar-refractivity contribution in [3.63, 3.8) is 0 Å². The van der Waals surface area contributed by atoms with E-state index in [0.717, 1.165) is 5.56 Å². The zero-order chi connectivity index (χ0) is 17.6. The fourth-order valence-electron chi connectivity index (χ4n) is 2.05. The van der Waals surface area contributed by atoms with Crippen molar-refractivity contribution in [3.05, 3.63) is 65.7 Å². The lowest BCUT2D eigenvalue weighted by molar-refractivity contribution is -0.129. The van der Waals surface area contributed by atoms with Crippen LogP contribution in [0, 0.1) is 11.3 Å². The van der Waals surface area contributed by atoms with Gasteiger partial charge in [-0.25, -0.2) is 13.1 Å². The number of amides is 1. The quantitative estimate of drug-likeness (QED) is 0.860. The van der Waals surface area contributed by atoms with E-state index in [1.165, 1.54) is 29.2 Å². The van der Waals surface area contributed by atoms with Gasteiger partial charge in [0.25, 0.3) is 0 Å². The number of likely N-dealkylation sites (N-methyl/N-ethyl adjacent to an activating group) is 1. The Balaban J connectivity index is 1.98. The number of carbonyl (C=O) groups is 1. The van der Waals surface area contributed by atoms with Crippen molar-refractivity contribution < 1.29 is 13.2 Å². The molecule has 2 aromatic carbocycles. The molecule has 0 aliphatic rings. The molecule has 0 aliphatic heterocycles. The molecule has 1 N–H and O–H groups in total. The zero-order valence-corrected chi connectivity index (χ0v) is 14.0. The molecular formula is C17H17N3O3S. The summed E-state index contributed by atoms with van der Waals surface area (Å²) in [5.41, 5.74) is 1.20. The SMILES string of the molecule is CN(Cc1ccccc1)C(=O)CNS(=O)(=O)c1cccc(C#N)c1. The minimum absolute atomic E-state index is 0.0416. The number of benzene rings is 2. The van der Waals surface area contributed by atoms with Gasteiger partial charge in [-0.15, -0.1) is 0 Å². The maximum absolute atomic E-state index is 12.2. The van der Waals surface area contributed by atoms with Gasteiger partial charge in [0.1, 0.15) is 0 Å². The van der Waals surface area contributed by atoms with E-state index in [1.807, 2.05) is 36.4 Å². The van der Waals surface area contributed by atoms with E-state index in [2.05, 4.69) is 4.72 Å². The number of nitrogens with zero attached hydrogens (tertiary/aromatic N) is 2. The fourth-order valence-corrected chi connectivity index (χ4v) is 3.07. The summed E-state index contributed by atoms with van der Waals surface area (Å²) in [5.74, 6) is -0.348. The van der Waals surface area contributed by atoms with Gasteiger partial charge >= 0.3 is 0 Å². The van der Waals surface area contributed by atoms with Crippen LogP contribution in [0.4, 0.5) is 0 Å². The monoisotopic (exact) mass is 343 g/mol. The summed E-state index contributed by atoms with van der Waals surface area (Å²) in [4.78, 5) is 13.5. The van der Waals surface area contributed by atoms with Crippen LogP contribution in [-0.4, -0.2) is 32.8 Å². The molecule has 7 heteroatoms. The van der Waals surface area contributed by atoms with E-state index in [4.69, 9.17) is 5.26 Å². The van der Waals surface area contributed by atoms with Crippen LogP contribution in [-0.2, 0) is 21.4 Å². The molecule has 0 saturated carbocycles. The van der Waals surface area contributed by atoms with Gasteiger partial charge in [0, 0.05) is 13.6 Å². The van der Waals surface area contributed by atoms with E-state index in [9.17, 15) is 13.2 Å².